The van der Waals surface area contributed by atoms with Crippen LogP contribution < -0.4 is 10.2 Å². The van der Waals surface area contributed by atoms with Gasteiger partial charge in [-0.05, 0) is 61.9 Å². The average molecular weight is 356 g/mol. The van der Waals surface area contributed by atoms with Crippen LogP contribution in [0.3, 0.4) is 0 Å². The number of hydrogen-bond donors (Lipinski definition) is 1. The minimum absolute atomic E-state index is 0.0299. The summed E-state index contributed by atoms with van der Waals surface area (Å²) in [5, 5.41) is 3.70. The standard InChI is InChI=1S/C20H22ClN3O/c21-16-6-4-5-15(13-16)20(9-10-20)19(25)23-17-7-8-18(22-14-17)24-11-2-1-3-12-24/h4-8,13-14H,1-3,9-12H2,(H,23,25). The monoisotopic (exact) mass is 355 g/mol. The molecule has 0 radical (unpaired) electrons. The van der Waals surface area contributed by atoms with Gasteiger partial charge in [0.1, 0.15) is 5.82 Å². The summed E-state index contributed by atoms with van der Waals surface area (Å²) in [5.74, 6) is 1.02. The highest BCUT2D eigenvalue weighted by Crippen LogP contribution is 2.49. The second-order valence-electron chi connectivity index (χ2n) is 7.00. The second-order valence-corrected chi connectivity index (χ2v) is 7.44. The van der Waals surface area contributed by atoms with Crippen molar-refractivity contribution < 1.29 is 4.79 Å². The van der Waals surface area contributed by atoms with E-state index in [1.807, 2.05) is 36.4 Å². The maximum atomic E-state index is 12.8. The number of carbonyl (C=O) groups excluding carboxylic acids is 1. The van der Waals surface area contributed by atoms with Crippen molar-refractivity contribution in [2.45, 2.75) is 37.5 Å². The predicted octanol–water partition coefficient (Wildman–Crippen LogP) is 4.40. The van der Waals surface area contributed by atoms with Crippen LogP contribution in [-0.2, 0) is 10.2 Å². The van der Waals surface area contributed by atoms with E-state index < -0.39 is 5.41 Å². The molecule has 2 heterocycles. The third-order valence-corrected chi connectivity index (χ3v) is 5.48. The number of nitrogens with one attached hydrogen (secondary N) is 1. The summed E-state index contributed by atoms with van der Waals surface area (Å²) in [4.78, 5) is 19.6. The van der Waals surface area contributed by atoms with E-state index in [4.69, 9.17) is 11.6 Å². The predicted molar refractivity (Wildman–Crippen MR) is 101 cm³/mol. The minimum Gasteiger partial charge on any atom is -0.357 e. The van der Waals surface area contributed by atoms with E-state index in [0.717, 1.165) is 43.0 Å². The first-order valence-electron chi connectivity index (χ1n) is 8.96. The van der Waals surface area contributed by atoms with Gasteiger partial charge in [0.15, 0.2) is 0 Å². The zero-order chi connectivity index (χ0) is 17.3. The lowest BCUT2D eigenvalue weighted by Gasteiger charge is -2.27. The maximum absolute atomic E-state index is 12.8. The molecule has 0 atom stereocenters. The molecule has 1 aromatic heterocycles. The summed E-state index contributed by atoms with van der Waals surface area (Å²) in [6, 6.07) is 11.6. The summed E-state index contributed by atoms with van der Waals surface area (Å²) in [5.41, 5.74) is 1.31. The lowest BCUT2D eigenvalue weighted by Crippen LogP contribution is -2.30. The molecule has 0 bridgehead atoms. The highest BCUT2D eigenvalue weighted by Gasteiger charge is 2.51. The van der Waals surface area contributed by atoms with Crippen molar-refractivity contribution in [3.63, 3.8) is 0 Å². The van der Waals surface area contributed by atoms with Crippen LogP contribution in [0.5, 0.6) is 0 Å². The lowest BCUT2D eigenvalue weighted by molar-refractivity contribution is -0.118. The number of rotatable bonds is 4. The quantitative estimate of drug-likeness (QED) is 0.884. The molecule has 0 unspecified atom stereocenters. The van der Waals surface area contributed by atoms with Crippen LogP contribution in [0.4, 0.5) is 11.5 Å². The third kappa shape index (κ3) is 3.36. The Kier molecular flexibility index (Phi) is 4.38. The van der Waals surface area contributed by atoms with E-state index in [2.05, 4.69) is 15.2 Å². The first-order chi connectivity index (χ1) is 12.2. The molecule has 0 spiro atoms. The van der Waals surface area contributed by atoms with Gasteiger partial charge < -0.3 is 10.2 Å². The van der Waals surface area contributed by atoms with Crippen LogP contribution in [0.1, 0.15) is 37.7 Å². The molecule has 2 aliphatic rings. The Hall–Kier alpha value is -2.07. The van der Waals surface area contributed by atoms with Gasteiger partial charge in [0, 0.05) is 18.1 Å². The maximum Gasteiger partial charge on any atom is 0.235 e. The summed E-state index contributed by atoms with van der Waals surface area (Å²) >= 11 is 6.09. The van der Waals surface area contributed by atoms with E-state index in [9.17, 15) is 4.79 Å². The molecule has 5 heteroatoms. The molecule has 1 N–H and O–H groups in total. The van der Waals surface area contributed by atoms with Gasteiger partial charge in [-0.1, -0.05) is 23.7 Å². The van der Waals surface area contributed by atoms with Gasteiger partial charge in [0.05, 0.1) is 17.3 Å². The van der Waals surface area contributed by atoms with Gasteiger partial charge in [-0.3, -0.25) is 4.79 Å². The Labute approximate surface area is 153 Å². The van der Waals surface area contributed by atoms with Crippen LogP contribution in [0.15, 0.2) is 42.6 Å². The van der Waals surface area contributed by atoms with E-state index in [-0.39, 0.29) is 5.91 Å². The van der Waals surface area contributed by atoms with Gasteiger partial charge in [-0.25, -0.2) is 4.98 Å². The van der Waals surface area contributed by atoms with E-state index in [0.29, 0.717) is 5.02 Å². The molecule has 1 saturated carbocycles. The van der Waals surface area contributed by atoms with Crippen LogP contribution in [0.25, 0.3) is 0 Å². The van der Waals surface area contributed by atoms with Crippen molar-refractivity contribution in [1.29, 1.82) is 0 Å². The molecule has 130 valence electrons. The van der Waals surface area contributed by atoms with Crippen molar-refractivity contribution in [2.24, 2.45) is 0 Å². The Balaban J connectivity index is 1.46. The van der Waals surface area contributed by atoms with Gasteiger partial charge >= 0.3 is 0 Å². The number of aromatic nitrogens is 1. The van der Waals surface area contributed by atoms with Crippen LogP contribution >= 0.6 is 11.6 Å². The molecule has 1 saturated heterocycles. The first kappa shape index (κ1) is 16.4. The molecule has 1 aromatic carbocycles. The fourth-order valence-electron chi connectivity index (χ4n) is 3.58. The number of benzene rings is 1. The Bertz CT molecular complexity index is 765. The number of hydrogen-bond acceptors (Lipinski definition) is 3. The minimum atomic E-state index is -0.434. The molecule has 1 amide bonds. The summed E-state index contributed by atoms with van der Waals surface area (Å²) in [7, 11) is 0. The van der Waals surface area contributed by atoms with Gasteiger partial charge in [-0.2, -0.15) is 0 Å². The second kappa shape index (κ2) is 6.68. The van der Waals surface area contributed by atoms with E-state index in [1.165, 1.54) is 19.3 Å². The fraction of sp³-hybridized carbons (Fsp3) is 0.400. The number of pyridine rings is 1. The molecule has 4 nitrogen and oxygen atoms in total. The highest BCUT2D eigenvalue weighted by molar-refractivity contribution is 6.30. The number of carbonyl (C=O) groups is 1. The summed E-state index contributed by atoms with van der Waals surface area (Å²) < 4.78 is 0. The Morgan fingerprint density at radius 3 is 2.56 bits per heavy atom. The van der Waals surface area contributed by atoms with Crippen LogP contribution in [-0.4, -0.2) is 24.0 Å². The van der Waals surface area contributed by atoms with Crippen molar-refractivity contribution >= 4 is 29.0 Å². The topological polar surface area (TPSA) is 45.2 Å². The first-order valence-corrected chi connectivity index (χ1v) is 9.34. The zero-order valence-electron chi connectivity index (χ0n) is 14.2. The number of halogens is 1. The molecule has 1 aliphatic heterocycles. The highest BCUT2D eigenvalue weighted by atomic mass is 35.5. The van der Waals surface area contributed by atoms with E-state index in [1.54, 1.807) is 6.20 Å². The number of amides is 1. The average Bonchev–Trinajstić information content (AvgIpc) is 3.45. The molecular formula is C20H22ClN3O. The lowest BCUT2D eigenvalue weighted by atomic mass is 9.95. The Morgan fingerprint density at radius 1 is 1.12 bits per heavy atom. The van der Waals surface area contributed by atoms with Crippen LogP contribution in [0, 0.1) is 0 Å². The molecule has 25 heavy (non-hydrogen) atoms. The number of anilines is 2. The third-order valence-electron chi connectivity index (χ3n) is 5.25. The van der Waals surface area contributed by atoms with Gasteiger partial charge in [0.2, 0.25) is 5.91 Å². The van der Waals surface area contributed by atoms with Crippen molar-refractivity contribution in [1.82, 2.24) is 4.98 Å². The number of nitrogens with zero attached hydrogens (tertiary/aromatic N) is 2. The SMILES string of the molecule is O=C(Nc1ccc(N2CCCCC2)nc1)C1(c2cccc(Cl)c2)CC1. The largest absolute Gasteiger partial charge is 0.357 e. The van der Waals surface area contributed by atoms with Crippen LogP contribution in [0.2, 0.25) is 5.02 Å². The number of piperidine rings is 1. The Morgan fingerprint density at radius 2 is 1.92 bits per heavy atom. The zero-order valence-corrected chi connectivity index (χ0v) is 14.9. The van der Waals surface area contributed by atoms with E-state index >= 15 is 0 Å². The van der Waals surface area contributed by atoms with Gasteiger partial charge in [0.25, 0.3) is 0 Å². The summed E-state index contributed by atoms with van der Waals surface area (Å²) in [6.07, 6.45) is 7.23. The van der Waals surface area contributed by atoms with Gasteiger partial charge in [-0.15, -0.1) is 0 Å². The molecular weight excluding hydrogens is 334 g/mol. The van der Waals surface area contributed by atoms with Crippen molar-refractivity contribution in [3.8, 4) is 0 Å². The smallest absolute Gasteiger partial charge is 0.235 e. The molecule has 2 fully saturated rings. The molecule has 4 rings (SSSR count). The molecule has 2 aromatic rings. The fourth-order valence-corrected chi connectivity index (χ4v) is 3.77. The van der Waals surface area contributed by atoms with Crippen molar-refractivity contribution in [3.05, 3.63) is 53.2 Å². The molecule has 1 aliphatic carbocycles. The van der Waals surface area contributed by atoms with Crippen molar-refractivity contribution in [2.75, 3.05) is 23.3 Å². The normalized spacial score (nSPS) is 18.7. The summed E-state index contributed by atoms with van der Waals surface area (Å²) in [6.45, 7) is 2.13.